The highest BCUT2D eigenvalue weighted by atomic mass is 16.3. The Morgan fingerprint density at radius 3 is 1.87 bits per heavy atom. The lowest BCUT2D eigenvalue weighted by molar-refractivity contribution is 0.667. The number of rotatable bonds is 6. The molecule has 5 aromatic heterocycles. The summed E-state index contributed by atoms with van der Waals surface area (Å²) in [6.45, 7) is 0. The number of fused-ring (bicyclic) bond motifs is 9. The van der Waals surface area contributed by atoms with E-state index in [0.29, 0.717) is 17.2 Å². The predicted octanol–water partition coefficient (Wildman–Crippen LogP) is 14.5. The number of hydrogen-bond donors (Lipinski definition) is 0. The lowest BCUT2D eigenvalue weighted by atomic mass is 10.00. The first-order chi connectivity index (χ1) is 31.2. The minimum absolute atomic E-state index is 0.590. The van der Waals surface area contributed by atoms with Crippen LogP contribution in [0.15, 0.2) is 209 Å². The Morgan fingerprint density at radius 1 is 0.365 bits per heavy atom. The van der Waals surface area contributed by atoms with Crippen LogP contribution >= 0.6 is 0 Å². The summed E-state index contributed by atoms with van der Waals surface area (Å²) in [7, 11) is 0. The van der Waals surface area contributed by atoms with E-state index in [4.69, 9.17) is 28.8 Å². The summed E-state index contributed by atoms with van der Waals surface area (Å²) in [5.41, 5.74) is 14.2. The molecule has 0 spiro atoms. The molecular weight excluding hydrogens is 775 g/mol. The summed E-state index contributed by atoms with van der Waals surface area (Å²) in [5.74, 6) is 1.24. The highest BCUT2D eigenvalue weighted by Crippen LogP contribution is 2.41. The van der Waals surface area contributed by atoms with Crippen molar-refractivity contribution in [3.8, 4) is 62.2 Å². The SMILES string of the molecule is c1ccc(-c2nc(-c3ccc4c(c3)c3ccccc3n4-c3ccccc3)cc(-c3cccc4oc5cc(-c6nc(-c7ccccc7)c7oc8ccccc8c7n6)ccc5c34)n2)cc1. The van der Waals surface area contributed by atoms with Crippen molar-refractivity contribution in [1.82, 2.24) is 24.5 Å². The standard InChI is InChI=1S/C56H33N5O2/c1-4-15-34(16-5-1)52-54-53(42-22-11-13-25-48(42)63-54)60-56(59-52)37-27-29-41-50(32-37)62-49-26-14-23-40(51(41)49)45-33-44(57-55(58-45)35-17-6-2-7-18-35)36-28-30-47-43(31-36)39-21-10-12-24-46(39)61(47)38-19-8-3-9-20-38/h1-33H. The molecule has 7 heteroatoms. The molecule has 0 radical (unpaired) electrons. The van der Waals surface area contributed by atoms with Crippen LogP contribution in [-0.2, 0) is 0 Å². The van der Waals surface area contributed by atoms with Crippen LogP contribution in [0, 0.1) is 0 Å². The van der Waals surface area contributed by atoms with Gasteiger partial charge in [0.2, 0.25) is 0 Å². The first-order valence-electron chi connectivity index (χ1n) is 21.0. The maximum Gasteiger partial charge on any atom is 0.180 e. The first-order valence-corrected chi connectivity index (χ1v) is 21.0. The Bertz CT molecular complexity index is 3910. The van der Waals surface area contributed by atoms with E-state index < -0.39 is 0 Å². The Hall–Kier alpha value is -8.68. The van der Waals surface area contributed by atoms with Gasteiger partial charge < -0.3 is 13.4 Å². The van der Waals surface area contributed by atoms with Gasteiger partial charge in [-0.25, -0.2) is 19.9 Å². The Balaban J connectivity index is 0.978. The third-order valence-electron chi connectivity index (χ3n) is 12.0. The summed E-state index contributed by atoms with van der Waals surface area (Å²) in [6.07, 6.45) is 0. The molecule has 0 atom stereocenters. The van der Waals surface area contributed by atoms with Crippen molar-refractivity contribution in [2.75, 3.05) is 0 Å². The van der Waals surface area contributed by atoms with Gasteiger partial charge >= 0.3 is 0 Å². The maximum atomic E-state index is 6.67. The van der Waals surface area contributed by atoms with Gasteiger partial charge in [0.05, 0.1) is 22.4 Å². The quantitative estimate of drug-likeness (QED) is 0.166. The number of furan rings is 2. The van der Waals surface area contributed by atoms with E-state index in [1.807, 2.05) is 91.0 Å². The van der Waals surface area contributed by atoms with Gasteiger partial charge in [0, 0.05) is 60.4 Å². The van der Waals surface area contributed by atoms with Gasteiger partial charge in [-0.1, -0.05) is 133 Å². The van der Waals surface area contributed by atoms with Crippen molar-refractivity contribution in [1.29, 1.82) is 0 Å². The van der Waals surface area contributed by atoms with E-state index in [1.54, 1.807) is 0 Å². The van der Waals surface area contributed by atoms with Crippen LogP contribution in [-0.4, -0.2) is 24.5 Å². The van der Waals surface area contributed by atoms with Gasteiger partial charge in [-0.2, -0.15) is 0 Å². The lowest BCUT2D eigenvalue weighted by Gasteiger charge is -2.11. The fourth-order valence-electron chi connectivity index (χ4n) is 9.13. The molecular formula is C56H33N5O2. The summed E-state index contributed by atoms with van der Waals surface area (Å²) in [4.78, 5) is 20.7. The predicted molar refractivity (Wildman–Crippen MR) is 254 cm³/mol. The zero-order valence-electron chi connectivity index (χ0n) is 33.6. The molecule has 7 nitrogen and oxygen atoms in total. The van der Waals surface area contributed by atoms with Crippen LogP contribution in [0.3, 0.4) is 0 Å². The van der Waals surface area contributed by atoms with E-state index >= 15 is 0 Å². The monoisotopic (exact) mass is 807 g/mol. The second-order valence-electron chi connectivity index (χ2n) is 15.8. The van der Waals surface area contributed by atoms with Crippen molar-refractivity contribution < 1.29 is 8.83 Å². The highest BCUT2D eigenvalue weighted by Gasteiger charge is 2.21. The molecule has 0 aliphatic heterocycles. The molecule has 0 aliphatic rings. The number of nitrogens with zero attached hydrogens (tertiary/aromatic N) is 5. The molecule has 0 aliphatic carbocycles. The fraction of sp³-hybridized carbons (Fsp3) is 0. The van der Waals surface area contributed by atoms with E-state index in [1.165, 1.54) is 5.39 Å². The molecule has 8 aromatic carbocycles. The topological polar surface area (TPSA) is 82.8 Å². The number of benzene rings is 8. The molecule has 0 fully saturated rings. The summed E-state index contributed by atoms with van der Waals surface area (Å²) >= 11 is 0. The summed E-state index contributed by atoms with van der Waals surface area (Å²) in [6, 6.07) is 68.6. The molecule has 13 aromatic rings. The molecule has 13 rings (SSSR count). The Kier molecular flexibility index (Phi) is 7.77. The second-order valence-corrected chi connectivity index (χ2v) is 15.8. The molecule has 0 saturated carbocycles. The van der Waals surface area contributed by atoms with E-state index in [0.717, 1.165) is 105 Å². The second kappa shape index (κ2) is 13.9. The van der Waals surface area contributed by atoms with Gasteiger partial charge in [-0.05, 0) is 66.7 Å². The van der Waals surface area contributed by atoms with E-state index in [-0.39, 0.29) is 0 Å². The third-order valence-corrected chi connectivity index (χ3v) is 12.0. The van der Waals surface area contributed by atoms with Crippen LogP contribution in [0.2, 0.25) is 0 Å². The fourth-order valence-corrected chi connectivity index (χ4v) is 9.13. The van der Waals surface area contributed by atoms with Crippen LogP contribution in [0.25, 0.3) is 128 Å². The van der Waals surface area contributed by atoms with Gasteiger partial charge in [0.1, 0.15) is 28.0 Å². The normalized spacial score (nSPS) is 11.8. The Morgan fingerprint density at radius 2 is 1.03 bits per heavy atom. The molecule has 0 N–H and O–H groups in total. The van der Waals surface area contributed by atoms with Crippen molar-refractivity contribution >= 4 is 65.8 Å². The zero-order valence-corrected chi connectivity index (χ0v) is 33.6. The minimum atomic E-state index is 0.590. The van der Waals surface area contributed by atoms with Crippen molar-refractivity contribution in [3.05, 3.63) is 200 Å². The van der Waals surface area contributed by atoms with Crippen LogP contribution < -0.4 is 0 Å². The largest absolute Gasteiger partial charge is 0.456 e. The molecule has 294 valence electrons. The zero-order chi connectivity index (χ0) is 41.4. The molecule has 0 unspecified atom stereocenters. The van der Waals surface area contributed by atoms with Crippen molar-refractivity contribution in [2.24, 2.45) is 0 Å². The minimum Gasteiger partial charge on any atom is -0.456 e. The van der Waals surface area contributed by atoms with Crippen LogP contribution in [0.1, 0.15) is 0 Å². The molecule has 5 heterocycles. The van der Waals surface area contributed by atoms with Crippen molar-refractivity contribution in [3.63, 3.8) is 0 Å². The van der Waals surface area contributed by atoms with E-state index in [2.05, 4.69) is 114 Å². The summed E-state index contributed by atoms with van der Waals surface area (Å²) < 4.78 is 15.4. The average molecular weight is 808 g/mol. The molecule has 0 amide bonds. The first kappa shape index (κ1) is 35.1. The smallest absolute Gasteiger partial charge is 0.180 e. The average Bonchev–Trinajstić information content (AvgIpc) is 4.03. The highest BCUT2D eigenvalue weighted by molar-refractivity contribution is 6.14. The Labute approximate surface area is 360 Å². The van der Waals surface area contributed by atoms with Crippen LogP contribution in [0.4, 0.5) is 0 Å². The number of hydrogen-bond acceptors (Lipinski definition) is 6. The van der Waals surface area contributed by atoms with Gasteiger partial charge in [-0.15, -0.1) is 0 Å². The molecule has 0 saturated heterocycles. The van der Waals surface area contributed by atoms with Gasteiger partial charge in [-0.3, -0.25) is 0 Å². The lowest BCUT2D eigenvalue weighted by Crippen LogP contribution is -1.96. The number of aromatic nitrogens is 5. The van der Waals surface area contributed by atoms with Crippen LogP contribution in [0.5, 0.6) is 0 Å². The number of para-hydroxylation sites is 3. The maximum absolute atomic E-state index is 6.67. The summed E-state index contributed by atoms with van der Waals surface area (Å²) in [5, 5.41) is 5.24. The third kappa shape index (κ3) is 5.67. The van der Waals surface area contributed by atoms with Gasteiger partial charge in [0.15, 0.2) is 17.2 Å². The van der Waals surface area contributed by atoms with Crippen molar-refractivity contribution in [2.45, 2.75) is 0 Å². The van der Waals surface area contributed by atoms with Gasteiger partial charge in [0.25, 0.3) is 0 Å². The van der Waals surface area contributed by atoms with E-state index in [9.17, 15) is 0 Å². The molecule has 63 heavy (non-hydrogen) atoms. The molecule has 0 bridgehead atoms.